The Balaban J connectivity index is 2.44. The van der Waals surface area contributed by atoms with E-state index < -0.39 is 23.5 Å². The van der Waals surface area contributed by atoms with Crippen molar-refractivity contribution in [1.29, 1.82) is 0 Å². The molecule has 1 aromatic rings. The summed E-state index contributed by atoms with van der Waals surface area (Å²) in [4.78, 5) is 36.4. The normalized spacial score (nSPS) is 16.4. The predicted molar refractivity (Wildman–Crippen MR) is 85.7 cm³/mol. The molecule has 0 radical (unpaired) electrons. The van der Waals surface area contributed by atoms with Gasteiger partial charge in [-0.25, -0.2) is 4.79 Å². The third kappa shape index (κ3) is 3.27. The summed E-state index contributed by atoms with van der Waals surface area (Å²) in [6.07, 6.45) is 2.70. The molecule has 0 bridgehead atoms. The van der Waals surface area contributed by atoms with Crippen LogP contribution in [0.5, 0.6) is 5.75 Å². The van der Waals surface area contributed by atoms with Gasteiger partial charge in [0.1, 0.15) is 16.9 Å². The van der Waals surface area contributed by atoms with Crippen molar-refractivity contribution >= 4 is 41.2 Å². The number of nitrogens with one attached hydrogen (secondary N) is 1. The van der Waals surface area contributed by atoms with Gasteiger partial charge in [-0.3, -0.25) is 19.8 Å². The number of carbonyl (C=O) groups excluding carboxylic acids is 2. The topological polar surface area (TPSA) is 107 Å². The first-order valence-electron chi connectivity index (χ1n) is 6.41. The molecule has 3 N–H and O–H groups in total. The maximum Gasteiger partial charge on any atom is 0.339 e. The summed E-state index contributed by atoms with van der Waals surface area (Å²) in [5, 5.41) is 20.8. The first-order valence-corrected chi connectivity index (χ1v) is 6.82. The number of benzene rings is 1. The summed E-state index contributed by atoms with van der Waals surface area (Å²) >= 11 is 4.92. The number of hydrogen-bond acceptors (Lipinski definition) is 5. The van der Waals surface area contributed by atoms with E-state index in [-0.39, 0.29) is 28.4 Å². The van der Waals surface area contributed by atoms with Gasteiger partial charge in [0.15, 0.2) is 5.11 Å². The first kappa shape index (κ1) is 16.4. The Morgan fingerprint density at radius 3 is 2.70 bits per heavy atom. The number of hydrogen-bond donors (Lipinski definition) is 3. The van der Waals surface area contributed by atoms with E-state index in [2.05, 4.69) is 11.9 Å². The molecular weight excluding hydrogens is 320 g/mol. The number of phenols is 1. The Labute approximate surface area is 136 Å². The van der Waals surface area contributed by atoms with Crippen molar-refractivity contribution in [3.05, 3.63) is 47.6 Å². The zero-order valence-corrected chi connectivity index (χ0v) is 12.6. The van der Waals surface area contributed by atoms with Crippen LogP contribution in [0, 0.1) is 0 Å². The number of aromatic hydroxyl groups is 1. The molecule has 118 valence electrons. The minimum atomic E-state index is -1.32. The minimum Gasteiger partial charge on any atom is -0.507 e. The van der Waals surface area contributed by atoms with Crippen molar-refractivity contribution in [2.24, 2.45) is 0 Å². The molecule has 0 aliphatic carbocycles. The van der Waals surface area contributed by atoms with Crippen LogP contribution in [0.2, 0.25) is 0 Å². The molecular formula is C15H12N2O5S. The Kier molecular flexibility index (Phi) is 4.56. The smallest absolute Gasteiger partial charge is 0.339 e. The molecule has 0 spiro atoms. The van der Waals surface area contributed by atoms with E-state index in [1.165, 1.54) is 24.3 Å². The standard InChI is InChI=1S/C15H12N2O5S/c1-2-5-17-13(20)10(12(19)16-15(17)23)7-8-3-4-11(18)9(6-8)14(21)22/h2-4,6-7,18H,1,5H2,(H,21,22)(H,16,19,23)/b10-7+. The maximum atomic E-state index is 12.3. The van der Waals surface area contributed by atoms with E-state index in [0.29, 0.717) is 0 Å². The number of thiocarbonyl (C=S) groups is 1. The van der Waals surface area contributed by atoms with Crippen molar-refractivity contribution < 1.29 is 24.6 Å². The van der Waals surface area contributed by atoms with E-state index in [1.807, 2.05) is 0 Å². The fraction of sp³-hybridized carbons (Fsp3) is 0.0667. The Hall–Kier alpha value is -3.00. The third-order valence-corrected chi connectivity index (χ3v) is 3.38. The maximum absolute atomic E-state index is 12.3. The first-order chi connectivity index (χ1) is 10.8. The molecule has 1 saturated heterocycles. The highest BCUT2D eigenvalue weighted by molar-refractivity contribution is 7.80. The molecule has 1 aliphatic heterocycles. The summed E-state index contributed by atoms with van der Waals surface area (Å²) < 4.78 is 0. The zero-order chi connectivity index (χ0) is 17.1. The van der Waals surface area contributed by atoms with Gasteiger partial charge in [-0.2, -0.15) is 0 Å². The molecule has 1 fully saturated rings. The molecule has 2 amide bonds. The van der Waals surface area contributed by atoms with Gasteiger partial charge in [-0.1, -0.05) is 12.1 Å². The van der Waals surface area contributed by atoms with E-state index in [0.717, 1.165) is 11.0 Å². The molecule has 0 aromatic heterocycles. The SMILES string of the molecule is C=CCN1C(=O)/C(=C/c2ccc(O)c(C(=O)O)c2)C(=O)NC1=S. The number of nitrogens with zero attached hydrogens (tertiary/aromatic N) is 1. The lowest BCUT2D eigenvalue weighted by Gasteiger charge is -2.27. The van der Waals surface area contributed by atoms with Gasteiger partial charge in [-0.15, -0.1) is 6.58 Å². The third-order valence-electron chi connectivity index (χ3n) is 3.06. The van der Waals surface area contributed by atoms with Crippen LogP contribution < -0.4 is 5.32 Å². The lowest BCUT2D eigenvalue weighted by molar-refractivity contribution is -0.128. The Morgan fingerprint density at radius 2 is 2.09 bits per heavy atom. The fourth-order valence-electron chi connectivity index (χ4n) is 1.97. The summed E-state index contributed by atoms with van der Waals surface area (Å²) in [5.41, 5.74) is -0.242. The average Bonchev–Trinajstić information content (AvgIpc) is 2.49. The molecule has 7 nitrogen and oxygen atoms in total. The van der Waals surface area contributed by atoms with Crippen LogP contribution in [0.25, 0.3) is 6.08 Å². The molecule has 2 rings (SSSR count). The number of carboxylic acids is 1. The summed E-state index contributed by atoms with van der Waals surface area (Å²) in [6.45, 7) is 3.64. The van der Waals surface area contributed by atoms with E-state index in [1.54, 1.807) is 0 Å². The second-order valence-corrected chi connectivity index (χ2v) is 4.99. The molecule has 0 unspecified atom stereocenters. The quantitative estimate of drug-likeness (QED) is 0.327. The second-order valence-electron chi connectivity index (χ2n) is 4.60. The lowest BCUT2D eigenvalue weighted by Crippen LogP contribution is -2.53. The number of aromatic carboxylic acids is 1. The van der Waals surface area contributed by atoms with Crippen LogP contribution in [0.4, 0.5) is 0 Å². The van der Waals surface area contributed by atoms with Gasteiger partial charge in [0.2, 0.25) is 0 Å². The number of amides is 2. The highest BCUT2D eigenvalue weighted by atomic mass is 32.1. The molecule has 8 heteroatoms. The van der Waals surface area contributed by atoms with Crippen LogP contribution in [0.3, 0.4) is 0 Å². The van der Waals surface area contributed by atoms with E-state index in [4.69, 9.17) is 17.3 Å². The van der Waals surface area contributed by atoms with Crippen molar-refractivity contribution in [2.75, 3.05) is 6.54 Å². The Bertz CT molecular complexity index is 769. The minimum absolute atomic E-state index is 0.0195. The van der Waals surface area contributed by atoms with Gasteiger partial charge in [0, 0.05) is 6.54 Å². The van der Waals surface area contributed by atoms with Crippen LogP contribution >= 0.6 is 12.2 Å². The number of rotatable bonds is 4. The van der Waals surface area contributed by atoms with Crippen molar-refractivity contribution in [2.45, 2.75) is 0 Å². The van der Waals surface area contributed by atoms with Gasteiger partial charge in [0.25, 0.3) is 11.8 Å². The summed E-state index contributed by atoms with van der Waals surface area (Å²) in [7, 11) is 0. The molecule has 23 heavy (non-hydrogen) atoms. The number of carbonyl (C=O) groups is 3. The average molecular weight is 332 g/mol. The lowest BCUT2D eigenvalue weighted by atomic mass is 10.0. The van der Waals surface area contributed by atoms with Crippen molar-refractivity contribution in [3.8, 4) is 5.75 Å². The van der Waals surface area contributed by atoms with Crippen LogP contribution in [0.15, 0.2) is 36.4 Å². The van der Waals surface area contributed by atoms with Crippen LogP contribution in [-0.2, 0) is 9.59 Å². The summed E-state index contributed by atoms with van der Waals surface area (Å²) in [5.74, 6) is -3.01. The molecule has 1 aromatic carbocycles. The fourth-order valence-corrected chi connectivity index (χ4v) is 2.22. The zero-order valence-electron chi connectivity index (χ0n) is 11.8. The highest BCUT2D eigenvalue weighted by Crippen LogP contribution is 2.21. The highest BCUT2D eigenvalue weighted by Gasteiger charge is 2.32. The van der Waals surface area contributed by atoms with Crippen molar-refractivity contribution in [3.63, 3.8) is 0 Å². The van der Waals surface area contributed by atoms with Crippen LogP contribution in [0.1, 0.15) is 15.9 Å². The molecule has 0 saturated carbocycles. The largest absolute Gasteiger partial charge is 0.507 e. The monoisotopic (exact) mass is 332 g/mol. The summed E-state index contributed by atoms with van der Waals surface area (Å²) in [6, 6.07) is 3.73. The predicted octanol–water partition coefficient (Wildman–Crippen LogP) is 0.903. The van der Waals surface area contributed by atoms with Gasteiger partial charge in [-0.05, 0) is 36.0 Å². The number of carboxylic acid groups (broad SMARTS) is 1. The van der Waals surface area contributed by atoms with Crippen molar-refractivity contribution in [1.82, 2.24) is 10.2 Å². The van der Waals surface area contributed by atoms with E-state index >= 15 is 0 Å². The molecule has 0 atom stereocenters. The van der Waals surface area contributed by atoms with E-state index in [9.17, 15) is 19.5 Å². The molecule has 1 aliphatic rings. The van der Waals surface area contributed by atoms with Gasteiger partial charge in [0.05, 0.1) is 0 Å². The van der Waals surface area contributed by atoms with Gasteiger partial charge >= 0.3 is 5.97 Å². The Morgan fingerprint density at radius 1 is 1.39 bits per heavy atom. The second kappa shape index (κ2) is 6.41. The molecule has 1 heterocycles. The van der Waals surface area contributed by atoms with Gasteiger partial charge < -0.3 is 10.2 Å². The van der Waals surface area contributed by atoms with Crippen LogP contribution in [-0.4, -0.2) is 44.6 Å².